The number of rotatable bonds is 7. The molecule has 1 saturated heterocycles. The molecule has 226 valence electrons. The Kier molecular flexibility index (Phi) is 7.28. The van der Waals surface area contributed by atoms with Gasteiger partial charge < -0.3 is 19.3 Å². The molecule has 0 spiro atoms. The van der Waals surface area contributed by atoms with Crippen LogP contribution >= 0.6 is 0 Å². The first kappa shape index (κ1) is 30.2. The predicted octanol–water partition coefficient (Wildman–Crippen LogP) is 6.43. The van der Waals surface area contributed by atoms with Crippen LogP contribution in [0.15, 0.2) is 11.1 Å². The molecule has 1 aliphatic heterocycles. The number of aliphatic hydroxyl groups excluding tert-OH is 1. The van der Waals surface area contributed by atoms with Crippen molar-refractivity contribution in [3.8, 4) is 0 Å². The van der Waals surface area contributed by atoms with E-state index >= 15 is 0 Å². The van der Waals surface area contributed by atoms with E-state index in [0.717, 1.165) is 25.7 Å². The molecule has 6 heteroatoms. The van der Waals surface area contributed by atoms with Gasteiger partial charge in [-0.15, -0.1) is 0 Å². The number of fused-ring (bicyclic) bond motifs is 5. The summed E-state index contributed by atoms with van der Waals surface area (Å²) in [6.07, 6.45) is 4.88. The van der Waals surface area contributed by atoms with Gasteiger partial charge in [-0.3, -0.25) is 9.59 Å². The molecule has 40 heavy (non-hydrogen) atoms. The summed E-state index contributed by atoms with van der Waals surface area (Å²) in [5, 5.41) is 12.1. The SMILES string of the molecule is CCO[C@H]1C[C@@]2(C)C(=C1[C@H](C)C[C@H](OC(C)=O)[C@H]1OC1(C)C)C[C@H](O)[C@H]1[C@@]3(C)CCC(=O)C(C)(C)[C@@H]3CC[C@@]12C. The largest absolute Gasteiger partial charge is 0.460 e. The maximum atomic E-state index is 13.0. The number of carbonyl (C=O) groups excluding carboxylic acids is 2. The number of ketones is 1. The number of carbonyl (C=O) groups is 2. The Morgan fingerprint density at radius 2 is 1.77 bits per heavy atom. The van der Waals surface area contributed by atoms with Gasteiger partial charge in [0.2, 0.25) is 0 Å². The molecular formula is C34H54O6. The van der Waals surface area contributed by atoms with Gasteiger partial charge in [0, 0.05) is 25.4 Å². The van der Waals surface area contributed by atoms with Crippen LogP contribution < -0.4 is 0 Å². The monoisotopic (exact) mass is 558 g/mol. The van der Waals surface area contributed by atoms with Gasteiger partial charge in [-0.1, -0.05) is 47.1 Å². The third-order valence-electron chi connectivity index (χ3n) is 12.8. The number of epoxide rings is 1. The fraction of sp³-hybridized carbons (Fsp3) is 0.882. The Morgan fingerprint density at radius 3 is 2.35 bits per heavy atom. The van der Waals surface area contributed by atoms with Crippen LogP contribution in [0.4, 0.5) is 0 Å². The lowest BCUT2D eigenvalue weighted by molar-refractivity contribution is -0.210. The van der Waals surface area contributed by atoms with E-state index in [0.29, 0.717) is 31.7 Å². The van der Waals surface area contributed by atoms with E-state index in [4.69, 9.17) is 14.2 Å². The third-order valence-corrected chi connectivity index (χ3v) is 12.8. The van der Waals surface area contributed by atoms with Crippen molar-refractivity contribution in [3.63, 3.8) is 0 Å². The molecule has 10 atom stereocenters. The maximum absolute atomic E-state index is 13.0. The third kappa shape index (κ3) is 4.28. The molecule has 4 fully saturated rings. The quantitative estimate of drug-likeness (QED) is 0.220. The molecule has 0 aromatic rings. The molecule has 1 N–H and O–H groups in total. The summed E-state index contributed by atoms with van der Waals surface area (Å²) in [6.45, 7) is 22.0. The number of ether oxygens (including phenoxy) is 3. The maximum Gasteiger partial charge on any atom is 0.302 e. The highest BCUT2D eigenvalue weighted by molar-refractivity contribution is 5.85. The Balaban J connectivity index is 1.53. The predicted molar refractivity (Wildman–Crippen MR) is 155 cm³/mol. The minimum atomic E-state index is -0.456. The van der Waals surface area contributed by atoms with Crippen LogP contribution in [-0.2, 0) is 23.8 Å². The topological polar surface area (TPSA) is 85.4 Å². The standard InChI is InChI=1S/C34H54O6/c1-11-38-24-18-34(10)21(27(24)19(2)16-23(39-20(3)35)29-31(6,7)40-29)17-22(36)28-32(8)14-13-26(37)30(4,5)25(32)12-15-33(28,34)9/h19,22-25,28-29,36H,11-18H2,1-10H3/t19-,22+,23+,24+,25+,28+,29-,32+,33+,34+/m1/s1. The normalized spacial score (nSPS) is 44.8. The van der Waals surface area contributed by atoms with Crippen molar-refractivity contribution in [2.24, 2.45) is 39.4 Å². The molecule has 5 aliphatic rings. The number of aliphatic hydroxyl groups is 1. The first-order valence-corrected chi connectivity index (χ1v) is 15.9. The van der Waals surface area contributed by atoms with Gasteiger partial charge in [0.05, 0.1) is 17.8 Å². The van der Waals surface area contributed by atoms with Crippen molar-refractivity contribution in [3.05, 3.63) is 11.1 Å². The number of esters is 1. The van der Waals surface area contributed by atoms with Crippen LogP contribution in [0.2, 0.25) is 0 Å². The van der Waals surface area contributed by atoms with E-state index in [-0.39, 0.29) is 69.3 Å². The van der Waals surface area contributed by atoms with Gasteiger partial charge in [-0.2, -0.15) is 0 Å². The van der Waals surface area contributed by atoms with Crippen LogP contribution in [0.3, 0.4) is 0 Å². The Hall–Kier alpha value is -1.24. The molecule has 0 bridgehead atoms. The van der Waals surface area contributed by atoms with Crippen molar-refractivity contribution in [1.29, 1.82) is 0 Å². The second-order valence-electron chi connectivity index (χ2n) is 15.7. The lowest BCUT2D eigenvalue weighted by Crippen LogP contribution is -2.65. The fourth-order valence-corrected chi connectivity index (χ4v) is 10.8. The second-order valence-corrected chi connectivity index (χ2v) is 15.7. The van der Waals surface area contributed by atoms with Crippen LogP contribution in [0, 0.1) is 39.4 Å². The van der Waals surface area contributed by atoms with E-state index in [1.54, 1.807) is 0 Å². The molecule has 0 amide bonds. The van der Waals surface area contributed by atoms with Gasteiger partial charge in [0.1, 0.15) is 18.0 Å². The number of hydrogen-bond donors (Lipinski definition) is 1. The van der Waals surface area contributed by atoms with E-state index < -0.39 is 6.10 Å². The van der Waals surface area contributed by atoms with E-state index in [1.165, 1.54) is 18.1 Å². The van der Waals surface area contributed by atoms with Crippen molar-refractivity contribution in [2.45, 2.75) is 144 Å². The van der Waals surface area contributed by atoms with Crippen molar-refractivity contribution in [2.75, 3.05) is 6.61 Å². The second kappa shape index (κ2) is 9.64. The minimum Gasteiger partial charge on any atom is -0.460 e. The van der Waals surface area contributed by atoms with Gasteiger partial charge in [0.25, 0.3) is 0 Å². The van der Waals surface area contributed by atoms with Gasteiger partial charge in [-0.05, 0) is 98.9 Å². The lowest BCUT2D eigenvalue weighted by Gasteiger charge is -2.69. The Morgan fingerprint density at radius 1 is 1.12 bits per heavy atom. The van der Waals surface area contributed by atoms with Crippen LogP contribution in [0.25, 0.3) is 0 Å². The molecule has 4 aliphatic carbocycles. The minimum absolute atomic E-state index is 0.0104. The molecule has 0 radical (unpaired) electrons. The molecule has 6 nitrogen and oxygen atoms in total. The van der Waals surface area contributed by atoms with Crippen LogP contribution in [0.5, 0.6) is 0 Å². The first-order valence-electron chi connectivity index (χ1n) is 15.9. The number of hydrogen-bond acceptors (Lipinski definition) is 6. The van der Waals surface area contributed by atoms with Gasteiger partial charge in [-0.25, -0.2) is 0 Å². The average Bonchev–Trinajstić information content (AvgIpc) is 3.36. The fourth-order valence-electron chi connectivity index (χ4n) is 10.8. The zero-order chi connectivity index (χ0) is 29.6. The molecule has 1 heterocycles. The summed E-state index contributed by atoms with van der Waals surface area (Å²) in [5.41, 5.74) is 1.76. The van der Waals surface area contributed by atoms with E-state index in [2.05, 4.69) is 48.5 Å². The Bertz CT molecular complexity index is 1090. The zero-order valence-corrected chi connectivity index (χ0v) is 26.7. The summed E-state index contributed by atoms with van der Waals surface area (Å²) in [6, 6.07) is 0. The molecular weight excluding hydrogens is 504 g/mol. The summed E-state index contributed by atoms with van der Waals surface area (Å²) in [4.78, 5) is 25.1. The van der Waals surface area contributed by atoms with Gasteiger partial charge >= 0.3 is 5.97 Å². The summed E-state index contributed by atoms with van der Waals surface area (Å²) < 4.78 is 18.2. The highest BCUT2D eigenvalue weighted by Crippen LogP contribution is 2.74. The highest BCUT2D eigenvalue weighted by Gasteiger charge is 2.70. The van der Waals surface area contributed by atoms with Crippen molar-refractivity contribution < 1.29 is 28.9 Å². The molecule has 0 aromatic heterocycles. The molecule has 5 rings (SSSR count). The number of Topliss-reactive ketones (excluding diaryl/α,β-unsaturated/α-hetero) is 1. The lowest BCUT2D eigenvalue weighted by atomic mass is 9.36. The highest BCUT2D eigenvalue weighted by atomic mass is 16.6. The molecule has 0 unspecified atom stereocenters. The van der Waals surface area contributed by atoms with Gasteiger partial charge in [0.15, 0.2) is 0 Å². The van der Waals surface area contributed by atoms with Crippen molar-refractivity contribution in [1.82, 2.24) is 0 Å². The zero-order valence-electron chi connectivity index (χ0n) is 26.7. The Labute approximate surface area is 242 Å². The summed E-state index contributed by atoms with van der Waals surface area (Å²) >= 11 is 0. The van der Waals surface area contributed by atoms with Crippen molar-refractivity contribution >= 4 is 11.8 Å². The summed E-state index contributed by atoms with van der Waals surface area (Å²) in [7, 11) is 0. The van der Waals surface area contributed by atoms with Crippen LogP contribution in [0.1, 0.15) is 114 Å². The van der Waals surface area contributed by atoms with E-state index in [1.807, 2.05) is 13.8 Å². The molecule has 0 aromatic carbocycles. The van der Waals surface area contributed by atoms with E-state index in [9.17, 15) is 14.7 Å². The smallest absolute Gasteiger partial charge is 0.302 e. The van der Waals surface area contributed by atoms with Crippen LogP contribution in [-0.4, -0.2) is 53.5 Å². The average molecular weight is 559 g/mol. The summed E-state index contributed by atoms with van der Waals surface area (Å²) in [5.74, 6) is 0.654. The molecule has 3 saturated carbocycles. The first-order chi connectivity index (χ1) is 18.4.